The zero-order valence-corrected chi connectivity index (χ0v) is 7.54. The quantitative estimate of drug-likeness (QED) is 0.746. The number of carbonyl (C=O) groups is 1. The van der Waals surface area contributed by atoms with Crippen molar-refractivity contribution in [3.8, 4) is 0 Å². The number of nitrogens with one attached hydrogen (secondary N) is 1. The Morgan fingerprint density at radius 1 is 1.44 bits per heavy atom. The zero-order chi connectivity index (χ0) is 12.5. The summed E-state index contributed by atoms with van der Waals surface area (Å²) in [5, 5.41) is 8.46. The fourth-order valence-corrected chi connectivity index (χ4v) is 0.972. The van der Waals surface area contributed by atoms with Gasteiger partial charge in [-0.15, -0.1) is 0 Å². The molecule has 1 aromatic heterocycles. The lowest BCUT2D eigenvalue weighted by molar-refractivity contribution is -0.141. The predicted molar refractivity (Wildman–Crippen MR) is 44.3 cm³/mol. The molecule has 0 bridgehead atoms. The number of alkyl halides is 3. The minimum Gasteiger partial charge on any atom is -0.477 e. The molecule has 2 N–H and O–H groups in total. The third-order valence-electron chi connectivity index (χ3n) is 1.59. The summed E-state index contributed by atoms with van der Waals surface area (Å²) in [6.45, 7) is -1.66. The third kappa shape index (κ3) is 2.72. The summed E-state index contributed by atoms with van der Waals surface area (Å²) in [5.74, 6) is -1.71. The van der Waals surface area contributed by atoms with Crippen molar-refractivity contribution in [1.29, 1.82) is 0 Å². The molecule has 0 aliphatic carbocycles. The van der Waals surface area contributed by atoms with Crippen LogP contribution in [0.1, 0.15) is 10.4 Å². The molecule has 0 unspecified atom stereocenters. The van der Waals surface area contributed by atoms with E-state index in [0.29, 0.717) is 6.20 Å². The lowest BCUT2D eigenvalue weighted by atomic mass is 10.3. The standard InChI is InChI=1S/C7H5F3N2O4/c8-7(9,10)2-12-1-3(5(14)15)4(13)11-6(12)16/h1H,2H2,(H,14,15)(H,11,13,16). The third-order valence-corrected chi connectivity index (χ3v) is 1.59. The molecule has 0 atom stereocenters. The Labute approximate surface area is 85.0 Å². The van der Waals surface area contributed by atoms with Crippen LogP contribution in [0.2, 0.25) is 0 Å². The molecule has 0 fully saturated rings. The number of aromatic amines is 1. The number of carboxylic acid groups (broad SMARTS) is 1. The molecule has 1 heterocycles. The van der Waals surface area contributed by atoms with Gasteiger partial charge in [-0.1, -0.05) is 0 Å². The highest BCUT2D eigenvalue weighted by Gasteiger charge is 2.29. The normalized spacial score (nSPS) is 11.4. The van der Waals surface area contributed by atoms with Crippen molar-refractivity contribution in [2.75, 3.05) is 0 Å². The number of nitrogens with zero attached hydrogens (tertiary/aromatic N) is 1. The minimum absolute atomic E-state index is 0.0743. The summed E-state index contributed by atoms with van der Waals surface area (Å²) in [7, 11) is 0. The van der Waals surface area contributed by atoms with E-state index in [1.54, 1.807) is 0 Å². The Morgan fingerprint density at radius 2 is 2.00 bits per heavy atom. The molecule has 9 heteroatoms. The number of rotatable bonds is 2. The molecule has 0 aromatic carbocycles. The van der Waals surface area contributed by atoms with Gasteiger partial charge in [-0.05, 0) is 0 Å². The Balaban J connectivity index is 3.32. The fourth-order valence-electron chi connectivity index (χ4n) is 0.972. The van der Waals surface area contributed by atoms with Crippen LogP contribution >= 0.6 is 0 Å². The second-order valence-electron chi connectivity index (χ2n) is 2.85. The molecule has 0 radical (unpaired) electrons. The van der Waals surface area contributed by atoms with Crippen LogP contribution in [-0.2, 0) is 6.54 Å². The molecule has 1 rings (SSSR count). The molecule has 0 amide bonds. The predicted octanol–water partition coefficient (Wildman–Crippen LogP) is -0.203. The van der Waals surface area contributed by atoms with E-state index in [-0.39, 0.29) is 4.57 Å². The maximum absolute atomic E-state index is 12.0. The summed E-state index contributed by atoms with van der Waals surface area (Å²) < 4.78 is 35.9. The van der Waals surface area contributed by atoms with Gasteiger partial charge in [-0.2, -0.15) is 13.2 Å². The summed E-state index contributed by atoms with van der Waals surface area (Å²) in [6, 6.07) is 0. The highest BCUT2D eigenvalue weighted by Crippen LogP contribution is 2.15. The van der Waals surface area contributed by atoms with E-state index in [0.717, 1.165) is 0 Å². The summed E-state index contributed by atoms with van der Waals surface area (Å²) in [4.78, 5) is 33.7. The van der Waals surface area contributed by atoms with Crippen molar-refractivity contribution < 1.29 is 23.1 Å². The molecular weight excluding hydrogens is 233 g/mol. The van der Waals surface area contributed by atoms with Gasteiger partial charge in [-0.25, -0.2) is 9.59 Å². The second kappa shape index (κ2) is 3.83. The van der Waals surface area contributed by atoms with E-state index >= 15 is 0 Å². The first kappa shape index (κ1) is 12.0. The maximum Gasteiger partial charge on any atom is 0.406 e. The Morgan fingerprint density at radius 3 is 2.44 bits per heavy atom. The SMILES string of the molecule is O=C(O)c1cn(CC(F)(F)F)c(=O)[nH]c1=O. The van der Waals surface area contributed by atoms with E-state index in [1.165, 1.54) is 4.98 Å². The van der Waals surface area contributed by atoms with Crippen LogP contribution in [-0.4, -0.2) is 26.8 Å². The number of aromatic carboxylic acids is 1. The largest absolute Gasteiger partial charge is 0.477 e. The van der Waals surface area contributed by atoms with Crippen molar-refractivity contribution >= 4 is 5.97 Å². The monoisotopic (exact) mass is 238 g/mol. The van der Waals surface area contributed by atoms with Gasteiger partial charge >= 0.3 is 17.8 Å². The van der Waals surface area contributed by atoms with Gasteiger partial charge in [-0.3, -0.25) is 14.3 Å². The van der Waals surface area contributed by atoms with Gasteiger partial charge < -0.3 is 5.11 Å². The van der Waals surface area contributed by atoms with E-state index in [2.05, 4.69) is 0 Å². The minimum atomic E-state index is -4.68. The molecule has 1 aromatic rings. The topological polar surface area (TPSA) is 92.2 Å². The Kier molecular flexibility index (Phi) is 2.88. The average Bonchev–Trinajstić information content (AvgIpc) is 2.07. The molecule has 16 heavy (non-hydrogen) atoms. The number of H-pyrrole nitrogens is 1. The number of hydrogen-bond donors (Lipinski definition) is 2. The molecule has 0 saturated carbocycles. The van der Waals surface area contributed by atoms with Crippen LogP contribution in [0.5, 0.6) is 0 Å². The van der Waals surface area contributed by atoms with Crippen LogP contribution in [0.25, 0.3) is 0 Å². The molecule has 0 saturated heterocycles. The van der Waals surface area contributed by atoms with Crippen LogP contribution in [0.3, 0.4) is 0 Å². The van der Waals surface area contributed by atoms with Crippen LogP contribution in [0.4, 0.5) is 13.2 Å². The van der Waals surface area contributed by atoms with E-state index in [9.17, 15) is 27.6 Å². The first-order valence-electron chi connectivity index (χ1n) is 3.84. The second-order valence-corrected chi connectivity index (χ2v) is 2.85. The number of hydrogen-bond acceptors (Lipinski definition) is 3. The molecule has 0 aliphatic heterocycles. The van der Waals surface area contributed by atoms with Gasteiger partial charge in [0.25, 0.3) is 5.56 Å². The zero-order valence-electron chi connectivity index (χ0n) is 7.54. The Bertz CT molecular complexity index is 528. The number of aromatic nitrogens is 2. The molecule has 0 aliphatic rings. The lowest BCUT2D eigenvalue weighted by Gasteiger charge is -2.08. The highest BCUT2D eigenvalue weighted by molar-refractivity contribution is 5.86. The van der Waals surface area contributed by atoms with Crippen LogP contribution in [0, 0.1) is 0 Å². The summed E-state index contributed by atoms with van der Waals surface area (Å²) in [6.07, 6.45) is -4.32. The van der Waals surface area contributed by atoms with Crippen molar-refractivity contribution in [1.82, 2.24) is 9.55 Å². The van der Waals surface area contributed by atoms with Gasteiger partial charge in [0.15, 0.2) is 0 Å². The molecule has 6 nitrogen and oxygen atoms in total. The van der Waals surface area contributed by atoms with Crippen molar-refractivity contribution in [3.63, 3.8) is 0 Å². The lowest BCUT2D eigenvalue weighted by Crippen LogP contribution is -2.36. The average molecular weight is 238 g/mol. The summed E-state index contributed by atoms with van der Waals surface area (Å²) in [5.41, 5.74) is -3.48. The fraction of sp³-hybridized carbons (Fsp3) is 0.286. The smallest absolute Gasteiger partial charge is 0.406 e. The van der Waals surface area contributed by atoms with Gasteiger partial charge in [0.1, 0.15) is 12.1 Å². The van der Waals surface area contributed by atoms with Gasteiger partial charge in [0.2, 0.25) is 0 Å². The van der Waals surface area contributed by atoms with Gasteiger partial charge in [0, 0.05) is 6.20 Å². The van der Waals surface area contributed by atoms with Crippen LogP contribution in [0.15, 0.2) is 15.8 Å². The summed E-state index contributed by atoms with van der Waals surface area (Å²) >= 11 is 0. The van der Waals surface area contributed by atoms with E-state index in [4.69, 9.17) is 5.11 Å². The van der Waals surface area contributed by atoms with E-state index < -0.39 is 35.5 Å². The van der Waals surface area contributed by atoms with Gasteiger partial charge in [0.05, 0.1) is 0 Å². The Hall–Kier alpha value is -2.06. The van der Waals surface area contributed by atoms with Crippen molar-refractivity contribution in [2.45, 2.75) is 12.7 Å². The first-order valence-corrected chi connectivity index (χ1v) is 3.84. The molecular formula is C7H5F3N2O4. The van der Waals surface area contributed by atoms with E-state index in [1.807, 2.05) is 0 Å². The van der Waals surface area contributed by atoms with Crippen molar-refractivity contribution in [3.05, 3.63) is 32.6 Å². The molecule has 88 valence electrons. The maximum atomic E-state index is 12.0. The number of carboxylic acids is 1. The van der Waals surface area contributed by atoms with Crippen molar-refractivity contribution in [2.24, 2.45) is 0 Å². The highest BCUT2D eigenvalue weighted by atomic mass is 19.4. The van der Waals surface area contributed by atoms with Crippen LogP contribution < -0.4 is 11.2 Å². The number of halogens is 3. The first-order chi connectivity index (χ1) is 7.20. The molecule has 0 spiro atoms.